The molecule has 2 rings (SSSR count). The monoisotopic (exact) mass is 358 g/mol. The van der Waals surface area contributed by atoms with Gasteiger partial charge in [-0.3, -0.25) is 4.79 Å². The lowest BCUT2D eigenvalue weighted by Gasteiger charge is -2.02. The number of halogens is 1. The Morgan fingerprint density at radius 1 is 1.14 bits per heavy atom. The number of nitrogens with zero attached hydrogens (tertiary/aromatic N) is 1. The van der Waals surface area contributed by atoms with Gasteiger partial charge in [0.2, 0.25) is 0 Å². The number of amides is 1. The molecule has 0 aliphatic carbocycles. The molecule has 1 N–H and O–H groups in total. The van der Waals surface area contributed by atoms with Crippen LogP contribution >= 0.6 is 15.9 Å². The molecule has 4 nitrogen and oxygen atoms in total. The summed E-state index contributed by atoms with van der Waals surface area (Å²) < 4.78 is 5.80. The second-order valence-electron chi connectivity index (χ2n) is 4.37. The minimum absolute atomic E-state index is 0.279. The molecule has 1 amide bonds. The van der Waals surface area contributed by atoms with Gasteiger partial charge < -0.3 is 4.74 Å². The molecule has 0 atom stereocenters. The van der Waals surface area contributed by atoms with E-state index in [0.29, 0.717) is 11.3 Å². The van der Waals surface area contributed by atoms with Crippen molar-refractivity contribution in [3.63, 3.8) is 0 Å². The van der Waals surface area contributed by atoms with Crippen LogP contribution < -0.4 is 10.2 Å². The number of carbonyl (C=O) groups is 1. The predicted molar refractivity (Wildman–Crippen MR) is 92.3 cm³/mol. The summed E-state index contributed by atoms with van der Waals surface area (Å²) in [6.07, 6.45) is 3.44. The zero-order chi connectivity index (χ0) is 15.8. The van der Waals surface area contributed by atoms with Crippen molar-refractivity contribution in [2.24, 2.45) is 5.10 Å². The van der Waals surface area contributed by atoms with Crippen molar-refractivity contribution in [3.05, 3.63) is 70.2 Å². The van der Waals surface area contributed by atoms with Gasteiger partial charge in [0.25, 0.3) is 5.91 Å². The predicted octanol–water partition coefficient (Wildman–Crippen LogP) is 3.85. The van der Waals surface area contributed by atoms with Gasteiger partial charge in [-0.15, -0.1) is 0 Å². The third-order valence-electron chi connectivity index (χ3n) is 2.81. The Morgan fingerprint density at radius 3 is 2.45 bits per heavy atom. The Labute approximate surface area is 137 Å². The fourth-order valence-corrected chi connectivity index (χ4v) is 2.07. The molecule has 0 saturated carbocycles. The smallest absolute Gasteiger partial charge is 0.271 e. The number of allylic oxidation sites excluding steroid dienone is 1. The van der Waals surface area contributed by atoms with E-state index in [4.69, 9.17) is 4.74 Å². The molecule has 2 aromatic carbocycles. The first-order chi connectivity index (χ1) is 10.7. The van der Waals surface area contributed by atoms with Gasteiger partial charge in [-0.2, -0.15) is 5.10 Å². The first kappa shape index (κ1) is 16.0. The van der Waals surface area contributed by atoms with E-state index in [9.17, 15) is 4.79 Å². The minimum Gasteiger partial charge on any atom is -0.497 e. The van der Waals surface area contributed by atoms with Crippen LogP contribution in [0.15, 0.2) is 64.2 Å². The zero-order valence-electron chi connectivity index (χ0n) is 12.0. The summed E-state index contributed by atoms with van der Waals surface area (Å²) in [7, 11) is 1.58. The largest absolute Gasteiger partial charge is 0.497 e. The lowest BCUT2D eigenvalue weighted by Crippen LogP contribution is -2.17. The van der Waals surface area contributed by atoms with Gasteiger partial charge in [-0.1, -0.05) is 30.3 Å². The average Bonchev–Trinajstić information content (AvgIpc) is 2.55. The number of hydrogen-bond donors (Lipinski definition) is 1. The molecule has 112 valence electrons. The summed E-state index contributed by atoms with van der Waals surface area (Å²) in [6, 6.07) is 16.6. The van der Waals surface area contributed by atoms with E-state index in [1.54, 1.807) is 31.4 Å². The van der Waals surface area contributed by atoms with Crippen molar-refractivity contribution in [2.45, 2.75) is 0 Å². The topological polar surface area (TPSA) is 50.7 Å². The van der Waals surface area contributed by atoms with Crippen LogP contribution in [-0.2, 0) is 0 Å². The molecule has 0 unspecified atom stereocenters. The molecule has 0 heterocycles. The first-order valence-corrected chi connectivity index (χ1v) is 7.38. The second-order valence-corrected chi connectivity index (χ2v) is 5.28. The van der Waals surface area contributed by atoms with Gasteiger partial charge >= 0.3 is 0 Å². The number of hydrazone groups is 1. The van der Waals surface area contributed by atoms with Crippen molar-refractivity contribution in [1.82, 2.24) is 5.43 Å². The number of hydrogen-bond acceptors (Lipinski definition) is 3. The van der Waals surface area contributed by atoms with Crippen molar-refractivity contribution in [1.29, 1.82) is 0 Å². The molecule has 22 heavy (non-hydrogen) atoms. The maximum absolute atomic E-state index is 11.9. The van der Waals surface area contributed by atoms with Crippen LogP contribution in [0.4, 0.5) is 0 Å². The van der Waals surface area contributed by atoms with Crippen LogP contribution in [0.25, 0.3) is 6.08 Å². The highest BCUT2D eigenvalue weighted by molar-refractivity contribution is 9.12. The van der Waals surface area contributed by atoms with Gasteiger partial charge in [0, 0.05) is 10.0 Å². The number of benzene rings is 2. The van der Waals surface area contributed by atoms with E-state index in [1.807, 2.05) is 36.4 Å². The van der Waals surface area contributed by atoms with Gasteiger partial charge in [-0.05, 0) is 51.8 Å². The van der Waals surface area contributed by atoms with Gasteiger partial charge in [0.15, 0.2) is 0 Å². The SMILES string of the molecule is COc1ccc(C(=O)N/N=C/C(Br)=Cc2ccccc2)cc1. The van der Waals surface area contributed by atoms with Gasteiger partial charge in [0.1, 0.15) is 5.75 Å². The van der Waals surface area contributed by atoms with Crippen LogP contribution in [0.1, 0.15) is 15.9 Å². The fourth-order valence-electron chi connectivity index (χ4n) is 1.71. The molecule has 0 aromatic heterocycles. The fraction of sp³-hybridized carbons (Fsp3) is 0.0588. The Balaban J connectivity index is 1.93. The summed E-state index contributed by atoms with van der Waals surface area (Å²) in [4.78, 5) is 11.9. The summed E-state index contributed by atoms with van der Waals surface area (Å²) in [6.45, 7) is 0. The number of ether oxygens (including phenoxy) is 1. The summed E-state index contributed by atoms with van der Waals surface area (Å²) >= 11 is 3.38. The highest BCUT2D eigenvalue weighted by Gasteiger charge is 2.03. The molecule has 0 spiro atoms. The highest BCUT2D eigenvalue weighted by Crippen LogP contribution is 2.11. The summed E-state index contributed by atoms with van der Waals surface area (Å²) in [5.74, 6) is 0.424. The van der Waals surface area contributed by atoms with Crippen molar-refractivity contribution >= 4 is 34.1 Å². The molecule has 0 saturated heterocycles. The van der Waals surface area contributed by atoms with Crippen molar-refractivity contribution < 1.29 is 9.53 Å². The summed E-state index contributed by atoms with van der Waals surface area (Å²) in [5, 5.41) is 3.92. The molecule has 0 aliphatic heterocycles. The number of methoxy groups -OCH3 is 1. The minimum atomic E-state index is -0.279. The lowest BCUT2D eigenvalue weighted by atomic mass is 10.2. The molecule has 0 radical (unpaired) electrons. The van der Waals surface area contributed by atoms with Crippen molar-refractivity contribution in [2.75, 3.05) is 7.11 Å². The standard InChI is InChI=1S/C17H15BrN2O2/c1-22-16-9-7-14(8-10-16)17(21)20-19-12-15(18)11-13-5-3-2-4-6-13/h2-12H,1H3,(H,20,21)/b15-11?,19-12+. The second kappa shape index (κ2) is 8.14. The number of rotatable bonds is 5. The first-order valence-electron chi connectivity index (χ1n) is 6.59. The van der Waals surface area contributed by atoms with E-state index in [2.05, 4.69) is 26.5 Å². The highest BCUT2D eigenvalue weighted by atomic mass is 79.9. The van der Waals surface area contributed by atoms with E-state index < -0.39 is 0 Å². The van der Waals surface area contributed by atoms with E-state index in [0.717, 1.165) is 10.0 Å². The quantitative estimate of drug-likeness (QED) is 0.651. The number of carbonyl (C=O) groups excluding carboxylic acids is 1. The molecule has 5 heteroatoms. The lowest BCUT2D eigenvalue weighted by molar-refractivity contribution is 0.0955. The molecule has 0 fully saturated rings. The van der Waals surface area contributed by atoms with Crippen LogP contribution in [0, 0.1) is 0 Å². The van der Waals surface area contributed by atoms with Crippen LogP contribution in [0.3, 0.4) is 0 Å². The Bertz CT molecular complexity index is 680. The molecule has 0 bridgehead atoms. The van der Waals surface area contributed by atoms with E-state index >= 15 is 0 Å². The van der Waals surface area contributed by atoms with Crippen molar-refractivity contribution in [3.8, 4) is 5.75 Å². The van der Waals surface area contributed by atoms with E-state index in [-0.39, 0.29) is 5.91 Å². The maximum Gasteiger partial charge on any atom is 0.271 e. The third-order valence-corrected chi connectivity index (χ3v) is 3.24. The zero-order valence-corrected chi connectivity index (χ0v) is 13.6. The van der Waals surface area contributed by atoms with Crippen LogP contribution in [0.2, 0.25) is 0 Å². The van der Waals surface area contributed by atoms with E-state index in [1.165, 1.54) is 6.21 Å². The molecule has 0 aliphatic rings. The number of nitrogens with one attached hydrogen (secondary N) is 1. The van der Waals surface area contributed by atoms with Crippen LogP contribution in [0.5, 0.6) is 5.75 Å². The molecule has 2 aromatic rings. The Morgan fingerprint density at radius 2 is 1.82 bits per heavy atom. The van der Waals surface area contributed by atoms with Gasteiger partial charge in [0.05, 0.1) is 13.3 Å². The van der Waals surface area contributed by atoms with Gasteiger partial charge in [-0.25, -0.2) is 5.43 Å². The normalized spacial score (nSPS) is 11.5. The Kier molecular flexibility index (Phi) is 5.91. The maximum atomic E-state index is 11.9. The van der Waals surface area contributed by atoms with Crippen LogP contribution in [-0.4, -0.2) is 19.2 Å². The third kappa shape index (κ3) is 4.86. The summed E-state index contributed by atoms with van der Waals surface area (Å²) in [5.41, 5.74) is 4.03. The molecular weight excluding hydrogens is 344 g/mol. The Hall–Kier alpha value is -2.40. The molecular formula is C17H15BrN2O2. The average molecular weight is 359 g/mol.